The Morgan fingerprint density at radius 3 is 2.54 bits per heavy atom. The van der Waals surface area contributed by atoms with Gasteiger partial charge in [0.05, 0.1) is 7.11 Å². The van der Waals surface area contributed by atoms with Crippen LogP contribution >= 0.6 is 0 Å². The zero-order valence-corrected chi connectivity index (χ0v) is 15.7. The number of carbonyl (C=O) groups excluding carboxylic acids is 1. The van der Waals surface area contributed by atoms with Crippen LogP contribution in [0.25, 0.3) is 10.9 Å². The van der Waals surface area contributed by atoms with Crippen molar-refractivity contribution in [3.63, 3.8) is 0 Å². The number of aryl methyl sites for hydroxylation is 1. The first-order chi connectivity index (χ1) is 12.5. The predicted octanol–water partition coefficient (Wildman–Crippen LogP) is 3.84. The van der Waals surface area contributed by atoms with Gasteiger partial charge in [0.25, 0.3) is 5.91 Å². The topological polar surface area (TPSA) is 57.4 Å². The normalized spacial score (nSPS) is 11.1. The molecule has 1 heterocycles. The number of benzene rings is 2. The molecule has 26 heavy (non-hydrogen) atoms. The second-order valence-electron chi connectivity index (χ2n) is 6.72. The molecule has 0 fully saturated rings. The van der Waals surface area contributed by atoms with E-state index in [-0.39, 0.29) is 5.91 Å². The smallest absolute Gasteiger partial charge is 0.255 e. The third-order valence-corrected chi connectivity index (χ3v) is 4.54. The number of nitrogens with zero attached hydrogens (tertiary/aromatic N) is 1. The van der Waals surface area contributed by atoms with Crippen LogP contribution in [0.15, 0.2) is 42.5 Å². The van der Waals surface area contributed by atoms with E-state index in [0.29, 0.717) is 5.56 Å². The number of carbonyl (C=O) groups is 1. The van der Waals surface area contributed by atoms with Crippen molar-refractivity contribution in [3.05, 3.63) is 59.3 Å². The van der Waals surface area contributed by atoms with Gasteiger partial charge in [0.1, 0.15) is 5.75 Å². The van der Waals surface area contributed by atoms with Crippen molar-refractivity contribution in [2.75, 3.05) is 33.1 Å². The molecule has 1 aromatic heterocycles. The van der Waals surface area contributed by atoms with Gasteiger partial charge < -0.3 is 19.9 Å². The van der Waals surface area contributed by atoms with Crippen molar-refractivity contribution < 1.29 is 9.53 Å². The Balaban J connectivity index is 1.83. The molecule has 0 spiro atoms. The second-order valence-corrected chi connectivity index (χ2v) is 6.72. The summed E-state index contributed by atoms with van der Waals surface area (Å²) in [5.41, 5.74) is 4.97. The number of hydrogen-bond acceptors (Lipinski definition) is 3. The molecule has 3 rings (SSSR count). The van der Waals surface area contributed by atoms with Crippen LogP contribution in [0.1, 0.15) is 21.6 Å². The van der Waals surface area contributed by atoms with E-state index in [1.165, 1.54) is 11.3 Å². The lowest BCUT2D eigenvalue weighted by Gasteiger charge is -2.10. The van der Waals surface area contributed by atoms with Gasteiger partial charge in [-0.05, 0) is 75.5 Å². The fourth-order valence-electron chi connectivity index (χ4n) is 3.06. The van der Waals surface area contributed by atoms with Crippen molar-refractivity contribution in [2.45, 2.75) is 13.3 Å². The number of likely N-dealkylation sites (N-methyl/N-ethyl adjacent to an activating group) is 1. The van der Waals surface area contributed by atoms with Gasteiger partial charge in [-0.15, -0.1) is 0 Å². The van der Waals surface area contributed by atoms with E-state index in [1.807, 2.05) is 18.2 Å². The molecule has 3 aromatic rings. The lowest BCUT2D eigenvalue weighted by atomic mass is 10.1. The summed E-state index contributed by atoms with van der Waals surface area (Å²) < 4.78 is 5.13. The van der Waals surface area contributed by atoms with Gasteiger partial charge in [0.15, 0.2) is 0 Å². The quantitative estimate of drug-likeness (QED) is 0.709. The van der Waals surface area contributed by atoms with Crippen molar-refractivity contribution in [1.29, 1.82) is 0 Å². The zero-order valence-electron chi connectivity index (χ0n) is 15.7. The van der Waals surface area contributed by atoms with E-state index >= 15 is 0 Å². The number of hydrogen-bond donors (Lipinski definition) is 2. The van der Waals surface area contributed by atoms with Crippen LogP contribution in [0.3, 0.4) is 0 Å². The Morgan fingerprint density at radius 2 is 1.88 bits per heavy atom. The van der Waals surface area contributed by atoms with Crippen molar-refractivity contribution in [3.8, 4) is 5.75 Å². The summed E-state index contributed by atoms with van der Waals surface area (Å²) in [5, 5.41) is 4.15. The number of aromatic amines is 1. The monoisotopic (exact) mass is 351 g/mol. The third kappa shape index (κ3) is 3.89. The molecule has 0 atom stereocenters. The van der Waals surface area contributed by atoms with Gasteiger partial charge in [0, 0.05) is 34.4 Å². The summed E-state index contributed by atoms with van der Waals surface area (Å²) in [7, 11) is 5.76. The van der Waals surface area contributed by atoms with Crippen LogP contribution in [0.4, 0.5) is 5.69 Å². The minimum absolute atomic E-state index is 0.130. The van der Waals surface area contributed by atoms with Gasteiger partial charge in [-0.2, -0.15) is 0 Å². The third-order valence-electron chi connectivity index (χ3n) is 4.54. The molecular weight excluding hydrogens is 326 g/mol. The molecule has 0 aliphatic carbocycles. The Labute approximate surface area is 154 Å². The van der Waals surface area contributed by atoms with E-state index in [0.717, 1.165) is 35.3 Å². The number of rotatable bonds is 6. The molecule has 0 aliphatic heterocycles. The minimum atomic E-state index is -0.130. The largest absolute Gasteiger partial charge is 0.497 e. The highest BCUT2D eigenvalue weighted by atomic mass is 16.5. The molecule has 136 valence electrons. The fourth-order valence-corrected chi connectivity index (χ4v) is 3.06. The Morgan fingerprint density at radius 1 is 1.15 bits per heavy atom. The predicted molar refractivity (Wildman–Crippen MR) is 106 cm³/mol. The number of amides is 1. The lowest BCUT2D eigenvalue weighted by molar-refractivity contribution is 0.102. The second kappa shape index (κ2) is 7.62. The Bertz CT molecular complexity index is 911. The maximum absolute atomic E-state index is 12.5. The molecule has 0 saturated carbocycles. The molecule has 2 N–H and O–H groups in total. The van der Waals surface area contributed by atoms with Crippen LogP contribution < -0.4 is 10.1 Å². The van der Waals surface area contributed by atoms with Crippen LogP contribution in [0, 0.1) is 6.92 Å². The summed E-state index contributed by atoms with van der Waals surface area (Å²) in [6, 6.07) is 13.1. The molecule has 0 bridgehead atoms. The fraction of sp³-hybridized carbons (Fsp3) is 0.286. The lowest BCUT2D eigenvalue weighted by Crippen LogP contribution is -2.15. The van der Waals surface area contributed by atoms with Crippen LogP contribution in [0.5, 0.6) is 5.75 Å². The van der Waals surface area contributed by atoms with E-state index in [9.17, 15) is 4.79 Å². The van der Waals surface area contributed by atoms with Crippen LogP contribution in [-0.2, 0) is 6.42 Å². The average Bonchev–Trinajstić information content (AvgIpc) is 2.94. The van der Waals surface area contributed by atoms with Gasteiger partial charge in [-0.1, -0.05) is 0 Å². The van der Waals surface area contributed by atoms with E-state index in [2.05, 4.69) is 36.2 Å². The molecule has 0 saturated heterocycles. The van der Waals surface area contributed by atoms with Gasteiger partial charge in [0.2, 0.25) is 0 Å². The summed E-state index contributed by atoms with van der Waals surface area (Å²) in [4.78, 5) is 18.1. The summed E-state index contributed by atoms with van der Waals surface area (Å²) in [6.45, 7) is 3.08. The number of fused-ring (bicyclic) bond motifs is 1. The first-order valence-electron chi connectivity index (χ1n) is 8.69. The molecule has 0 aliphatic rings. The van der Waals surface area contributed by atoms with Crippen molar-refractivity contribution in [2.24, 2.45) is 0 Å². The first-order valence-corrected chi connectivity index (χ1v) is 8.69. The highest BCUT2D eigenvalue weighted by molar-refractivity contribution is 6.05. The SMILES string of the molecule is COc1ccc(C(=O)Nc2ccc3[nH]c(C)c(CCN(C)C)c3c2)cc1. The Kier molecular flexibility index (Phi) is 5.28. The maximum atomic E-state index is 12.5. The van der Waals surface area contributed by atoms with Crippen molar-refractivity contribution in [1.82, 2.24) is 9.88 Å². The molecule has 2 aromatic carbocycles. The zero-order chi connectivity index (χ0) is 18.7. The van der Waals surface area contributed by atoms with Gasteiger partial charge in [-0.3, -0.25) is 4.79 Å². The number of anilines is 1. The van der Waals surface area contributed by atoms with Crippen LogP contribution in [0.2, 0.25) is 0 Å². The number of H-pyrrole nitrogens is 1. The van der Waals surface area contributed by atoms with E-state index in [4.69, 9.17) is 4.74 Å². The molecule has 0 radical (unpaired) electrons. The number of nitrogens with one attached hydrogen (secondary N) is 2. The summed E-state index contributed by atoms with van der Waals surface area (Å²) in [6.07, 6.45) is 0.967. The molecular formula is C21H25N3O2. The van der Waals surface area contributed by atoms with E-state index in [1.54, 1.807) is 31.4 Å². The summed E-state index contributed by atoms with van der Waals surface area (Å²) >= 11 is 0. The first kappa shape index (κ1) is 18.0. The Hall–Kier alpha value is -2.79. The van der Waals surface area contributed by atoms with Gasteiger partial charge in [-0.25, -0.2) is 0 Å². The molecule has 5 nitrogen and oxygen atoms in total. The number of methoxy groups -OCH3 is 1. The highest BCUT2D eigenvalue weighted by Gasteiger charge is 2.11. The average molecular weight is 351 g/mol. The minimum Gasteiger partial charge on any atom is -0.497 e. The highest BCUT2D eigenvalue weighted by Crippen LogP contribution is 2.26. The molecule has 0 unspecified atom stereocenters. The standard InChI is InChI=1S/C21H25N3O2/c1-14-18(11-12-24(2)3)19-13-16(7-10-20(19)22-14)23-21(25)15-5-8-17(26-4)9-6-15/h5-10,13,22H,11-12H2,1-4H3,(H,23,25). The van der Waals surface area contributed by atoms with Gasteiger partial charge >= 0.3 is 0 Å². The number of ether oxygens (including phenoxy) is 1. The maximum Gasteiger partial charge on any atom is 0.255 e. The van der Waals surface area contributed by atoms with E-state index < -0.39 is 0 Å². The van der Waals surface area contributed by atoms with Crippen molar-refractivity contribution >= 4 is 22.5 Å². The number of aromatic nitrogens is 1. The molecule has 5 heteroatoms. The van der Waals surface area contributed by atoms with Crippen LogP contribution in [-0.4, -0.2) is 43.5 Å². The molecule has 1 amide bonds. The summed E-state index contributed by atoms with van der Waals surface area (Å²) in [5.74, 6) is 0.602.